The van der Waals surface area contributed by atoms with Crippen molar-refractivity contribution in [2.45, 2.75) is 32.6 Å². The largest absolute Gasteiger partial charge is 0.255 e. The van der Waals surface area contributed by atoms with E-state index >= 15 is 0 Å². The number of hydrogen-bond donors (Lipinski definition) is 0. The number of rotatable bonds is 2. The Balaban J connectivity index is 1.65. The monoisotopic (exact) mass is 353 g/mol. The Morgan fingerprint density at radius 2 is 1.96 bits per heavy atom. The van der Waals surface area contributed by atoms with Crippen molar-refractivity contribution in [1.29, 1.82) is 0 Å². The molecule has 0 bridgehead atoms. The highest BCUT2D eigenvalue weighted by Crippen LogP contribution is 2.29. The third kappa shape index (κ3) is 4.71. The van der Waals surface area contributed by atoms with Gasteiger partial charge in [-0.05, 0) is 62.8 Å². The molecule has 1 nitrogen and oxygen atoms in total. The van der Waals surface area contributed by atoms with Gasteiger partial charge in [0.2, 0.25) is 0 Å². The van der Waals surface area contributed by atoms with E-state index in [1.807, 2.05) is 12.1 Å². The summed E-state index contributed by atoms with van der Waals surface area (Å²) in [5, 5.41) is 0.121. The molecular formula is C22H21ClFN. The molecular weight excluding hydrogens is 333 g/mol. The normalized spacial score (nSPS) is 20.3. The van der Waals surface area contributed by atoms with E-state index in [4.69, 9.17) is 11.6 Å². The molecule has 3 rings (SSSR count). The van der Waals surface area contributed by atoms with Gasteiger partial charge in [-0.3, -0.25) is 4.98 Å². The second-order valence-electron chi connectivity index (χ2n) is 6.47. The molecule has 1 aliphatic carbocycles. The summed E-state index contributed by atoms with van der Waals surface area (Å²) in [6, 6.07) is 8.52. The molecule has 2 aromatic rings. The van der Waals surface area contributed by atoms with Crippen molar-refractivity contribution < 1.29 is 4.39 Å². The quantitative estimate of drug-likeness (QED) is 0.457. The highest BCUT2D eigenvalue weighted by atomic mass is 35.5. The standard InChI is InChI=1S/C22H21ClFN/c1-2-3-16-4-6-17(7-5-16)8-9-18-10-13-22(25-15-18)19-11-12-20(23)21(24)14-19/h2-3,10-17H,4-7H2,1H3/b3-2+/t16-,17-. The van der Waals surface area contributed by atoms with E-state index in [1.165, 1.54) is 18.9 Å². The maximum Gasteiger partial charge on any atom is 0.142 e. The Kier molecular flexibility index (Phi) is 5.89. The van der Waals surface area contributed by atoms with Crippen LogP contribution < -0.4 is 0 Å². The Hall–Kier alpha value is -2.11. The third-order valence-corrected chi connectivity index (χ3v) is 4.94. The van der Waals surface area contributed by atoms with Crippen LogP contribution in [0.1, 0.15) is 38.2 Å². The van der Waals surface area contributed by atoms with Gasteiger partial charge in [-0.25, -0.2) is 4.39 Å². The van der Waals surface area contributed by atoms with Crippen molar-refractivity contribution in [1.82, 2.24) is 4.98 Å². The van der Waals surface area contributed by atoms with Gasteiger partial charge < -0.3 is 0 Å². The van der Waals surface area contributed by atoms with Crippen LogP contribution in [0.25, 0.3) is 11.3 Å². The van der Waals surface area contributed by atoms with Gasteiger partial charge in [-0.15, -0.1) is 0 Å². The van der Waals surface area contributed by atoms with E-state index in [9.17, 15) is 4.39 Å². The summed E-state index contributed by atoms with van der Waals surface area (Å²) in [7, 11) is 0. The number of halogens is 2. The predicted octanol–water partition coefficient (Wildman–Crippen LogP) is 6.28. The van der Waals surface area contributed by atoms with E-state index in [0.717, 1.165) is 24.3 Å². The number of pyridine rings is 1. The summed E-state index contributed by atoms with van der Waals surface area (Å²) < 4.78 is 13.6. The van der Waals surface area contributed by atoms with Crippen LogP contribution in [0.3, 0.4) is 0 Å². The molecule has 0 amide bonds. The SMILES string of the molecule is C/C=C/[C@H]1CC[C@H](C#Cc2ccc(-c3ccc(Cl)c(F)c3)nc2)CC1. The minimum Gasteiger partial charge on any atom is -0.255 e. The zero-order valence-corrected chi connectivity index (χ0v) is 15.1. The summed E-state index contributed by atoms with van der Waals surface area (Å²) in [6.07, 6.45) is 11.0. The molecule has 0 saturated heterocycles. The molecule has 1 saturated carbocycles. The highest BCUT2D eigenvalue weighted by molar-refractivity contribution is 6.30. The predicted molar refractivity (Wildman–Crippen MR) is 102 cm³/mol. The first-order valence-electron chi connectivity index (χ1n) is 8.71. The third-order valence-electron chi connectivity index (χ3n) is 4.64. The van der Waals surface area contributed by atoms with Crippen LogP contribution in [-0.4, -0.2) is 4.98 Å². The zero-order chi connectivity index (χ0) is 17.6. The van der Waals surface area contributed by atoms with E-state index in [-0.39, 0.29) is 5.02 Å². The van der Waals surface area contributed by atoms with Crippen LogP contribution in [0, 0.1) is 29.5 Å². The fourth-order valence-electron chi connectivity index (χ4n) is 3.21. The van der Waals surface area contributed by atoms with Crippen molar-refractivity contribution >= 4 is 11.6 Å². The van der Waals surface area contributed by atoms with E-state index in [2.05, 4.69) is 35.9 Å². The van der Waals surface area contributed by atoms with Gasteiger partial charge >= 0.3 is 0 Å². The molecule has 0 atom stereocenters. The van der Waals surface area contributed by atoms with Crippen molar-refractivity contribution in [3.63, 3.8) is 0 Å². The van der Waals surface area contributed by atoms with Crippen LogP contribution in [-0.2, 0) is 0 Å². The molecule has 128 valence electrons. The van der Waals surface area contributed by atoms with Gasteiger partial charge in [-0.2, -0.15) is 0 Å². The first kappa shape index (κ1) is 17.7. The Labute approximate surface area is 153 Å². The number of benzene rings is 1. The fourth-order valence-corrected chi connectivity index (χ4v) is 3.33. The topological polar surface area (TPSA) is 12.9 Å². The molecule has 0 aliphatic heterocycles. The zero-order valence-electron chi connectivity index (χ0n) is 14.3. The van der Waals surface area contributed by atoms with Gasteiger partial charge in [0.25, 0.3) is 0 Å². The maximum atomic E-state index is 13.6. The van der Waals surface area contributed by atoms with Crippen LogP contribution in [0.2, 0.25) is 5.02 Å². The van der Waals surface area contributed by atoms with Crippen molar-refractivity contribution in [2.75, 3.05) is 0 Å². The van der Waals surface area contributed by atoms with Crippen molar-refractivity contribution in [2.24, 2.45) is 11.8 Å². The second-order valence-corrected chi connectivity index (χ2v) is 6.88. The lowest BCUT2D eigenvalue weighted by atomic mass is 9.82. The van der Waals surface area contributed by atoms with Crippen molar-refractivity contribution in [3.8, 4) is 23.1 Å². The summed E-state index contributed by atoms with van der Waals surface area (Å²) in [6.45, 7) is 2.08. The molecule has 1 heterocycles. The minimum absolute atomic E-state index is 0.121. The van der Waals surface area contributed by atoms with Gasteiger partial charge in [-0.1, -0.05) is 41.7 Å². The smallest absolute Gasteiger partial charge is 0.142 e. The summed E-state index contributed by atoms with van der Waals surface area (Å²) >= 11 is 5.72. The lowest BCUT2D eigenvalue weighted by Gasteiger charge is -2.22. The summed E-state index contributed by atoms with van der Waals surface area (Å²) in [5.41, 5.74) is 2.32. The average Bonchev–Trinajstić information content (AvgIpc) is 2.64. The fraction of sp³-hybridized carbons (Fsp3) is 0.318. The minimum atomic E-state index is -0.432. The van der Waals surface area contributed by atoms with E-state index in [0.29, 0.717) is 17.2 Å². The van der Waals surface area contributed by atoms with Gasteiger partial charge in [0.1, 0.15) is 5.82 Å². The molecule has 0 radical (unpaired) electrons. The van der Waals surface area contributed by atoms with Gasteiger partial charge in [0.15, 0.2) is 0 Å². The summed E-state index contributed by atoms with van der Waals surface area (Å²) in [5.74, 6) is 7.39. The average molecular weight is 354 g/mol. The van der Waals surface area contributed by atoms with Crippen LogP contribution in [0.4, 0.5) is 4.39 Å². The molecule has 1 aromatic carbocycles. The van der Waals surface area contributed by atoms with Crippen LogP contribution in [0.15, 0.2) is 48.7 Å². The lowest BCUT2D eigenvalue weighted by Crippen LogP contribution is -2.11. The first-order valence-corrected chi connectivity index (χ1v) is 9.09. The lowest BCUT2D eigenvalue weighted by molar-refractivity contribution is 0.364. The molecule has 3 heteroatoms. The molecule has 25 heavy (non-hydrogen) atoms. The Morgan fingerprint density at radius 1 is 1.16 bits per heavy atom. The van der Waals surface area contributed by atoms with Crippen molar-refractivity contribution in [3.05, 3.63) is 65.1 Å². The number of aromatic nitrogens is 1. The molecule has 0 unspecified atom stereocenters. The first-order chi connectivity index (χ1) is 12.2. The Morgan fingerprint density at radius 3 is 2.60 bits per heavy atom. The maximum absolute atomic E-state index is 13.6. The van der Waals surface area contributed by atoms with Gasteiger partial charge in [0, 0.05) is 23.2 Å². The summed E-state index contributed by atoms with van der Waals surface area (Å²) in [4.78, 5) is 4.40. The number of allylic oxidation sites excluding steroid dienone is 2. The second kappa shape index (κ2) is 8.32. The molecule has 1 aromatic heterocycles. The molecule has 1 fully saturated rings. The number of hydrogen-bond acceptors (Lipinski definition) is 1. The van der Waals surface area contributed by atoms with Crippen LogP contribution >= 0.6 is 11.6 Å². The molecule has 0 N–H and O–H groups in total. The van der Waals surface area contributed by atoms with Crippen LogP contribution in [0.5, 0.6) is 0 Å². The Bertz CT molecular complexity index is 806. The molecule has 1 aliphatic rings. The number of nitrogens with zero attached hydrogens (tertiary/aromatic N) is 1. The van der Waals surface area contributed by atoms with Gasteiger partial charge in [0.05, 0.1) is 10.7 Å². The van der Waals surface area contributed by atoms with E-state index < -0.39 is 5.82 Å². The van der Waals surface area contributed by atoms with E-state index in [1.54, 1.807) is 18.3 Å². The molecule has 0 spiro atoms. The highest BCUT2D eigenvalue weighted by Gasteiger charge is 2.17.